The van der Waals surface area contributed by atoms with Gasteiger partial charge in [-0.3, -0.25) is 9.36 Å². The molecule has 104 valence electrons. The highest BCUT2D eigenvalue weighted by atomic mass is 16.1. The highest BCUT2D eigenvalue weighted by Gasteiger charge is 2.05. The monoisotopic (exact) mass is 262 g/mol. The van der Waals surface area contributed by atoms with Crippen molar-refractivity contribution in [3.63, 3.8) is 0 Å². The van der Waals surface area contributed by atoms with E-state index in [1.165, 1.54) is 44.9 Å². The fourth-order valence-corrected chi connectivity index (χ4v) is 2.26. The number of H-pyrrole nitrogens is 1. The second-order valence-corrected chi connectivity index (χ2v) is 4.97. The molecular formula is C14H22N4O. The maximum atomic E-state index is 12.0. The van der Waals surface area contributed by atoms with Crippen molar-refractivity contribution in [1.82, 2.24) is 19.5 Å². The molecule has 0 spiro atoms. The van der Waals surface area contributed by atoms with E-state index in [0.29, 0.717) is 11.2 Å². The van der Waals surface area contributed by atoms with Gasteiger partial charge in [-0.25, -0.2) is 9.97 Å². The van der Waals surface area contributed by atoms with Gasteiger partial charge in [-0.1, -0.05) is 45.4 Å². The van der Waals surface area contributed by atoms with Crippen LogP contribution in [0.5, 0.6) is 0 Å². The highest BCUT2D eigenvalue weighted by molar-refractivity contribution is 5.67. The van der Waals surface area contributed by atoms with E-state index >= 15 is 0 Å². The SMILES string of the molecule is CCCCCCCCCn1cnc2nc[nH]c2c1=O. The van der Waals surface area contributed by atoms with Gasteiger partial charge in [0.05, 0.1) is 6.33 Å². The van der Waals surface area contributed by atoms with Gasteiger partial charge in [0.25, 0.3) is 5.56 Å². The predicted octanol–water partition coefficient (Wildman–Crippen LogP) is 2.87. The fourth-order valence-electron chi connectivity index (χ4n) is 2.26. The molecule has 2 aromatic heterocycles. The summed E-state index contributed by atoms with van der Waals surface area (Å²) >= 11 is 0. The van der Waals surface area contributed by atoms with Crippen molar-refractivity contribution >= 4 is 11.2 Å². The van der Waals surface area contributed by atoms with E-state index in [1.807, 2.05) is 0 Å². The van der Waals surface area contributed by atoms with Crippen LogP contribution in [-0.4, -0.2) is 19.5 Å². The van der Waals surface area contributed by atoms with Gasteiger partial charge in [0.2, 0.25) is 0 Å². The molecule has 1 N–H and O–H groups in total. The summed E-state index contributed by atoms with van der Waals surface area (Å²) in [5.74, 6) is 0. The molecule has 0 saturated heterocycles. The summed E-state index contributed by atoms with van der Waals surface area (Å²) in [4.78, 5) is 23.0. The van der Waals surface area contributed by atoms with Gasteiger partial charge in [0, 0.05) is 6.54 Å². The topological polar surface area (TPSA) is 63.6 Å². The first-order valence-electron chi connectivity index (χ1n) is 7.21. The molecule has 0 bridgehead atoms. The molecule has 0 aliphatic rings. The van der Waals surface area contributed by atoms with Crippen molar-refractivity contribution in [3.8, 4) is 0 Å². The molecule has 0 unspecified atom stereocenters. The smallest absolute Gasteiger partial charge is 0.279 e. The number of fused-ring (bicyclic) bond motifs is 1. The van der Waals surface area contributed by atoms with Crippen molar-refractivity contribution in [3.05, 3.63) is 23.0 Å². The van der Waals surface area contributed by atoms with Gasteiger partial charge in [0.1, 0.15) is 6.33 Å². The van der Waals surface area contributed by atoms with Crippen LogP contribution in [-0.2, 0) is 6.54 Å². The number of rotatable bonds is 8. The van der Waals surface area contributed by atoms with E-state index in [9.17, 15) is 4.79 Å². The second kappa shape index (κ2) is 7.07. The molecule has 0 aliphatic carbocycles. The zero-order valence-electron chi connectivity index (χ0n) is 11.6. The van der Waals surface area contributed by atoms with E-state index < -0.39 is 0 Å². The molecule has 0 aliphatic heterocycles. The minimum Gasteiger partial charge on any atom is -0.339 e. The number of hydrogen-bond acceptors (Lipinski definition) is 3. The third-order valence-electron chi connectivity index (χ3n) is 3.42. The molecule has 2 heterocycles. The van der Waals surface area contributed by atoms with Crippen molar-refractivity contribution < 1.29 is 0 Å². The Balaban J connectivity index is 1.78. The van der Waals surface area contributed by atoms with Crippen LogP contribution in [0.4, 0.5) is 0 Å². The first-order chi connectivity index (χ1) is 9.33. The average molecular weight is 262 g/mol. The zero-order valence-corrected chi connectivity index (χ0v) is 11.6. The molecule has 0 fully saturated rings. The lowest BCUT2D eigenvalue weighted by molar-refractivity contribution is 0.541. The van der Waals surface area contributed by atoms with Crippen molar-refractivity contribution in [1.29, 1.82) is 0 Å². The fraction of sp³-hybridized carbons (Fsp3) is 0.643. The Morgan fingerprint density at radius 3 is 2.63 bits per heavy atom. The van der Waals surface area contributed by atoms with Crippen LogP contribution in [0.2, 0.25) is 0 Å². The Bertz CT molecular complexity index is 558. The molecule has 19 heavy (non-hydrogen) atoms. The number of nitrogens with one attached hydrogen (secondary N) is 1. The lowest BCUT2D eigenvalue weighted by Gasteiger charge is -2.04. The number of aromatic nitrogens is 4. The van der Waals surface area contributed by atoms with E-state index in [1.54, 1.807) is 10.9 Å². The van der Waals surface area contributed by atoms with Gasteiger partial charge in [-0.2, -0.15) is 0 Å². The van der Waals surface area contributed by atoms with E-state index in [4.69, 9.17) is 0 Å². The molecule has 0 amide bonds. The normalized spacial score (nSPS) is 11.2. The molecule has 0 saturated carbocycles. The Hall–Kier alpha value is -1.65. The summed E-state index contributed by atoms with van der Waals surface area (Å²) in [6.45, 7) is 2.97. The average Bonchev–Trinajstić information content (AvgIpc) is 2.89. The van der Waals surface area contributed by atoms with Crippen molar-refractivity contribution in [2.75, 3.05) is 0 Å². The Morgan fingerprint density at radius 2 is 1.84 bits per heavy atom. The number of aryl methyl sites for hydroxylation is 1. The summed E-state index contributed by atoms with van der Waals surface area (Å²) in [6.07, 6.45) is 11.8. The van der Waals surface area contributed by atoms with Gasteiger partial charge in [0.15, 0.2) is 11.2 Å². The molecule has 0 atom stereocenters. The van der Waals surface area contributed by atoms with Crippen molar-refractivity contribution in [2.45, 2.75) is 58.4 Å². The minimum atomic E-state index is -0.0199. The number of nitrogens with zero attached hydrogens (tertiary/aromatic N) is 3. The Labute approximate surface area is 113 Å². The number of aromatic amines is 1. The van der Waals surface area contributed by atoms with Gasteiger partial charge in [-0.05, 0) is 6.42 Å². The summed E-state index contributed by atoms with van der Waals surface area (Å²) in [7, 11) is 0. The Morgan fingerprint density at radius 1 is 1.11 bits per heavy atom. The molecule has 0 aromatic carbocycles. The van der Waals surface area contributed by atoms with Crippen LogP contribution < -0.4 is 5.56 Å². The van der Waals surface area contributed by atoms with Crippen LogP contribution in [0.15, 0.2) is 17.4 Å². The lowest BCUT2D eigenvalue weighted by atomic mass is 10.1. The van der Waals surface area contributed by atoms with Gasteiger partial charge < -0.3 is 4.98 Å². The van der Waals surface area contributed by atoms with Crippen LogP contribution >= 0.6 is 0 Å². The first kappa shape index (κ1) is 13.8. The number of unbranched alkanes of at least 4 members (excludes halogenated alkanes) is 6. The standard InChI is InChI=1S/C14H22N4O/c1-2-3-4-5-6-7-8-9-18-11-17-13-12(14(18)19)15-10-16-13/h10-11H,2-9H2,1H3,(H,15,16). The van der Waals surface area contributed by atoms with Crippen LogP contribution in [0.25, 0.3) is 11.2 Å². The molecule has 2 rings (SSSR count). The summed E-state index contributed by atoms with van der Waals surface area (Å²) in [6, 6.07) is 0. The zero-order chi connectivity index (χ0) is 13.5. The molecule has 2 aromatic rings. The van der Waals surface area contributed by atoms with Gasteiger partial charge >= 0.3 is 0 Å². The number of imidazole rings is 1. The summed E-state index contributed by atoms with van der Waals surface area (Å²) < 4.78 is 1.67. The maximum Gasteiger partial charge on any atom is 0.279 e. The third kappa shape index (κ3) is 3.66. The van der Waals surface area contributed by atoms with Gasteiger partial charge in [-0.15, -0.1) is 0 Å². The quantitative estimate of drug-likeness (QED) is 0.744. The lowest BCUT2D eigenvalue weighted by Crippen LogP contribution is -2.20. The largest absolute Gasteiger partial charge is 0.339 e. The van der Waals surface area contributed by atoms with Crippen LogP contribution in [0.3, 0.4) is 0 Å². The molecule has 0 radical (unpaired) electrons. The first-order valence-corrected chi connectivity index (χ1v) is 7.21. The van der Waals surface area contributed by atoms with Crippen LogP contribution in [0, 0.1) is 0 Å². The van der Waals surface area contributed by atoms with E-state index in [-0.39, 0.29) is 5.56 Å². The molecule has 5 nitrogen and oxygen atoms in total. The minimum absolute atomic E-state index is 0.0199. The second-order valence-electron chi connectivity index (χ2n) is 4.97. The molecular weight excluding hydrogens is 240 g/mol. The number of hydrogen-bond donors (Lipinski definition) is 1. The maximum absolute atomic E-state index is 12.0. The summed E-state index contributed by atoms with van der Waals surface area (Å²) in [5.41, 5.74) is 0.986. The Kier molecular flexibility index (Phi) is 5.12. The van der Waals surface area contributed by atoms with E-state index in [2.05, 4.69) is 21.9 Å². The van der Waals surface area contributed by atoms with E-state index in [0.717, 1.165) is 13.0 Å². The molecule has 5 heteroatoms. The summed E-state index contributed by atoms with van der Waals surface area (Å²) in [5, 5.41) is 0. The highest BCUT2D eigenvalue weighted by Crippen LogP contribution is 2.07. The van der Waals surface area contributed by atoms with Crippen LogP contribution in [0.1, 0.15) is 51.9 Å². The predicted molar refractivity (Wildman–Crippen MR) is 76.1 cm³/mol. The van der Waals surface area contributed by atoms with Crippen molar-refractivity contribution in [2.24, 2.45) is 0 Å². The third-order valence-corrected chi connectivity index (χ3v) is 3.42.